The van der Waals surface area contributed by atoms with Crippen molar-refractivity contribution in [2.75, 3.05) is 6.54 Å². The SMILES string of the molecule is Cc1ccc(C(CC(=O)OC(C)C)NC(=O)CCNC(=O)NC2CCCCC2)cc1. The number of nitrogens with one attached hydrogen (secondary N) is 3. The van der Waals surface area contributed by atoms with Gasteiger partial charge in [-0.2, -0.15) is 0 Å². The number of aryl methyl sites for hydroxylation is 1. The Labute approximate surface area is 179 Å². The second-order valence-electron chi connectivity index (χ2n) is 8.26. The first-order chi connectivity index (χ1) is 14.3. The van der Waals surface area contributed by atoms with Crippen molar-refractivity contribution >= 4 is 17.9 Å². The predicted molar refractivity (Wildman–Crippen MR) is 116 cm³/mol. The van der Waals surface area contributed by atoms with Crippen molar-refractivity contribution in [3.05, 3.63) is 35.4 Å². The van der Waals surface area contributed by atoms with Gasteiger partial charge in [-0.15, -0.1) is 0 Å². The molecule has 166 valence electrons. The fraction of sp³-hybridized carbons (Fsp3) is 0.609. The van der Waals surface area contributed by atoms with Crippen LogP contribution < -0.4 is 16.0 Å². The number of amides is 3. The van der Waals surface area contributed by atoms with Crippen molar-refractivity contribution in [2.45, 2.75) is 83.9 Å². The molecule has 1 aromatic rings. The first kappa shape index (κ1) is 23.7. The number of carbonyl (C=O) groups is 3. The van der Waals surface area contributed by atoms with Crippen LogP contribution in [-0.4, -0.2) is 36.6 Å². The molecule has 0 aromatic heterocycles. The summed E-state index contributed by atoms with van der Waals surface area (Å²) >= 11 is 0. The number of rotatable bonds is 9. The summed E-state index contributed by atoms with van der Waals surface area (Å²) < 4.78 is 5.24. The Balaban J connectivity index is 1.82. The fourth-order valence-corrected chi connectivity index (χ4v) is 3.57. The fourth-order valence-electron chi connectivity index (χ4n) is 3.57. The average Bonchev–Trinajstić information content (AvgIpc) is 2.68. The van der Waals surface area contributed by atoms with Gasteiger partial charge in [-0.3, -0.25) is 9.59 Å². The van der Waals surface area contributed by atoms with Crippen LogP contribution in [0.2, 0.25) is 0 Å². The second kappa shape index (κ2) is 12.2. The average molecular weight is 418 g/mol. The van der Waals surface area contributed by atoms with Crippen molar-refractivity contribution in [1.82, 2.24) is 16.0 Å². The smallest absolute Gasteiger partial charge is 0.315 e. The molecular weight excluding hydrogens is 382 g/mol. The third-order valence-electron chi connectivity index (χ3n) is 5.13. The van der Waals surface area contributed by atoms with E-state index in [4.69, 9.17) is 4.74 Å². The number of urea groups is 1. The molecule has 7 heteroatoms. The highest BCUT2D eigenvalue weighted by molar-refractivity contribution is 5.79. The maximum absolute atomic E-state index is 12.4. The summed E-state index contributed by atoms with van der Waals surface area (Å²) in [5.74, 6) is -0.586. The molecule has 0 spiro atoms. The van der Waals surface area contributed by atoms with Gasteiger partial charge in [0, 0.05) is 19.0 Å². The van der Waals surface area contributed by atoms with E-state index in [-0.39, 0.29) is 49.4 Å². The first-order valence-electron chi connectivity index (χ1n) is 10.9. The predicted octanol–water partition coefficient (Wildman–Crippen LogP) is 3.52. The van der Waals surface area contributed by atoms with Crippen LogP contribution in [-0.2, 0) is 14.3 Å². The Kier molecular flexibility index (Phi) is 9.64. The summed E-state index contributed by atoms with van der Waals surface area (Å²) in [5, 5.41) is 8.61. The molecule has 30 heavy (non-hydrogen) atoms. The van der Waals surface area contributed by atoms with Crippen LogP contribution in [0, 0.1) is 6.92 Å². The highest BCUT2D eigenvalue weighted by Crippen LogP contribution is 2.19. The lowest BCUT2D eigenvalue weighted by atomic mass is 9.96. The maximum Gasteiger partial charge on any atom is 0.315 e. The molecule has 1 fully saturated rings. The molecule has 1 unspecified atom stereocenters. The second-order valence-corrected chi connectivity index (χ2v) is 8.26. The van der Waals surface area contributed by atoms with E-state index >= 15 is 0 Å². The maximum atomic E-state index is 12.4. The molecular formula is C23H35N3O4. The molecule has 0 bridgehead atoms. The van der Waals surface area contributed by atoms with Gasteiger partial charge in [0.25, 0.3) is 0 Å². The molecule has 0 saturated heterocycles. The van der Waals surface area contributed by atoms with E-state index in [0.29, 0.717) is 0 Å². The molecule has 1 aliphatic rings. The highest BCUT2D eigenvalue weighted by Gasteiger charge is 2.20. The zero-order chi connectivity index (χ0) is 21.9. The van der Waals surface area contributed by atoms with Crippen molar-refractivity contribution in [3.8, 4) is 0 Å². The van der Waals surface area contributed by atoms with Crippen molar-refractivity contribution < 1.29 is 19.1 Å². The van der Waals surface area contributed by atoms with E-state index in [0.717, 1.165) is 36.8 Å². The lowest BCUT2D eigenvalue weighted by molar-refractivity contribution is -0.148. The third kappa shape index (κ3) is 8.84. The van der Waals surface area contributed by atoms with Gasteiger partial charge >= 0.3 is 12.0 Å². The summed E-state index contributed by atoms with van der Waals surface area (Å²) in [4.78, 5) is 36.6. The third-order valence-corrected chi connectivity index (χ3v) is 5.13. The van der Waals surface area contributed by atoms with Gasteiger partial charge < -0.3 is 20.7 Å². The monoisotopic (exact) mass is 417 g/mol. The van der Waals surface area contributed by atoms with Crippen LogP contribution in [0.3, 0.4) is 0 Å². The first-order valence-corrected chi connectivity index (χ1v) is 10.9. The molecule has 3 amide bonds. The molecule has 3 N–H and O–H groups in total. The van der Waals surface area contributed by atoms with Crippen LogP contribution in [0.4, 0.5) is 4.79 Å². The number of carbonyl (C=O) groups excluding carboxylic acids is 3. The summed E-state index contributed by atoms with van der Waals surface area (Å²) in [7, 11) is 0. The normalized spacial score (nSPS) is 15.3. The Morgan fingerprint density at radius 2 is 1.73 bits per heavy atom. The molecule has 1 aliphatic carbocycles. The van der Waals surface area contributed by atoms with E-state index in [1.165, 1.54) is 6.42 Å². The van der Waals surface area contributed by atoms with Gasteiger partial charge in [0.15, 0.2) is 0 Å². The molecule has 7 nitrogen and oxygen atoms in total. The number of ether oxygens (including phenoxy) is 1. The van der Waals surface area contributed by atoms with Crippen LogP contribution in [0.15, 0.2) is 24.3 Å². The Morgan fingerprint density at radius 1 is 1.07 bits per heavy atom. The van der Waals surface area contributed by atoms with E-state index in [1.807, 2.05) is 31.2 Å². The zero-order valence-corrected chi connectivity index (χ0v) is 18.3. The van der Waals surface area contributed by atoms with Crippen molar-refractivity contribution in [2.24, 2.45) is 0 Å². The number of hydrogen-bond donors (Lipinski definition) is 3. The van der Waals surface area contributed by atoms with Gasteiger partial charge in [-0.1, -0.05) is 49.1 Å². The van der Waals surface area contributed by atoms with Gasteiger partial charge in [0.05, 0.1) is 18.6 Å². The van der Waals surface area contributed by atoms with Crippen LogP contribution in [0.1, 0.15) is 76.0 Å². The minimum absolute atomic E-state index is 0.0581. The van der Waals surface area contributed by atoms with Crippen molar-refractivity contribution in [3.63, 3.8) is 0 Å². The minimum Gasteiger partial charge on any atom is -0.463 e. The Hall–Kier alpha value is -2.57. The van der Waals surface area contributed by atoms with E-state index in [1.54, 1.807) is 13.8 Å². The minimum atomic E-state index is -0.472. The molecule has 1 atom stereocenters. The van der Waals surface area contributed by atoms with Crippen LogP contribution >= 0.6 is 0 Å². The Bertz CT molecular complexity index is 697. The molecule has 0 radical (unpaired) electrons. The summed E-state index contributed by atoms with van der Waals surface area (Å²) in [5.41, 5.74) is 1.94. The van der Waals surface area contributed by atoms with Gasteiger partial charge in [-0.05, 0) is 39.2 Å². The van der Waals surface area contributed by atoms with Crippen LogP contribution in [0.5, 0.6) is 0 Å². The quantitative estimate of drug-likeness (QED) is 0.536. The lowest BCUT2D eigenvalue weighted by Crippen LogP contribution is -2.44. The largest absolute Gasteiger partial charge is 0.463 e. The highest BCUT2D eigenvalue weighted by atomic mass is 16.5. The van der Waals surface area contributed by atoms with Crippen molar-refractivity contribution in [1.29, 1.82) is 0 Å². The van der Waals surface area contributed by atoms with E-state index in [9.17, 15) is 14.4 Å². The van der Waals surface area contributed by atoms with Gasteiger partial charge in [0.2, 0.25) is 5.91 Å². The topological polar surface area (TPSA) is 96.5 Å². The number of hydrogen-bond acceptors (Lipinski definition) is 4. The zero-order valence-electron chi connectivity index (χ0n) is 18.3. The van der Waals surface area contributed by atoms with E-state index < -0.39 is 6.04 Å². The number of esters is 1. The molecule has 1 saturated carbocycles. The molecule has 0 heterocycles. The molecule has 1 aromatic carbocycles. The Morgan fingerprint density at radius 3 is 2.37 bits per heavy atom. The standard InChI is InChI=1S/C23H35N3O4/c1-16(2)30-22(28)15-20(18-11-9-17(3)10-12-18)26-21(27)13-14-24-23(29)25-19-7-5-4-6-8-19/h9-12,16,19-20H,4-8,13-15H2,1-3H3,(H,26,27)(H2,24,25,29). The summed E-state index contributed by atoms with van der Waals surface area (Å²) in [6.45, 7) is 5.80. The van der Waals surface area contributed by atoms with Crippen LogP contribution in [0.25, 0.3) is 0 Å². The molecule has 0 aliphatic heterocycles. The number of benzene rings is 1. The van der Waals surface area contributed by atoms with E-state index in [2.05, 4.69) is 16.0 Å². The van der Waals surface area contributed by atoms with Gasteiger partial charge in [0.1, 0.15) is 0 Å². The summed E-state index contributed by atoms with van der Waals surface area (Å²) in [6, 6.07) is 7.22. The molecule has 2 rings (SSSR count). The lowest BCUT2D eigenvalue weighted by Gasteiger charge is -2.23. The summed E-state index contributed by atoms with van der Waals surface area (Å²) in [6.07, 6.45) is 5.53. The van der Waals surface area contributed by atoms with Gasteiger partial charge in [-0.25, -0.2) is 4.79 Å².